The fraction of sp³-hybridized carbons (Fsp3) is 0.474. The maximum atomic E-state index is 12.3. The molecule has 1 fully saturated rings. The van der Waals surface area contributed by atoms with E-state index in [1.807, 2.05) is 41.6 Å². The summed E-state index contributed by atoms with van der Waals surface area (Å²) in [4.78, 5) is 14.3. The molecule has 5 heteroatoms. The summed E-state index contributed by atoms with van der Waals surface area (Å²) >= 11 is 0. The normalized spacial score (nSPS) is 18.0. The molecule has 128 valence electrons. The monoisotopic (exact) mass is 327 g/mol. The summed E-state index contributed by atoms with van der Waals surface area (Å²) in [5.74, 6) is 0.179. The first-order valence-electron chi connectivity index (χ1n) is 8.56. The second-order valence-electron chi connectivity index (χ2n) is 6.26. The Labute approximate surface area is 143 Å². The SMILES string of the molecule is CCC(=O)N1CCOCC1c1c(C)nn(Cc2ccccc2)c1C. The van der Waals surface area contributed by atoms with Crippen LogP contribution in [0.2, 0.25) is 0 Å². The molecular weight excluding hydrogens is 302 g/mol. The van der Waals surface area contributed by atoms with Crippen LogP contribution in [0, 0.1) is 13.8 Å². The van der Waals surface area contributed by atoms with E-state index in [0.29, 0.717) is 26.2 Å². The van der Waals surface area contributed by atoms with Gasteiger partial charge in [-0.05, 0) is 19.4 Å². The number of aromatic nitrogens is 2. The second-order valence-corrected chi connectivity index (χ2v) is 6.26. The van der Waals surface area contributed by atoms with Gasteiger partial charge in [-0.25, -0.2) is 0 Å². The van der Waals surface area contributed by atoms with E-state index >= 15 is 0 Å². The van der Waals surface area contributed by atoms with Crippen molar-refractivity contribution in [3.63, 3.8) is 0 Å². The molecule has 1 amide bonds. The topological polar surface area (TPSA) is 47.4 Å². The van der Waals surface area contributed by atoms with Crippen LogP contribution in [0.15, 0.2) is 30.3 Å². The van der Waals surface area contributed by atoms with Crippen molar-refractivity contribution in [2.75, 3.05) is 19.8 Å². The van der Waals surface area contributed by atoms with Gasteiger partial charge in [-0.2, -0.15) is 5.10 Å². The number of aryl methyl sites for hydroxylation is 1. The second kappa shape index (κ2) is 7.18. The van der Waals surface area contributed by atoms with Gasteiger partial charge in [0.2, 0.25) is 5.91 Å². The highest BCUT2D eigenvalue weighted by Crippen LogP contribution is 2.30. The van der Waals surface area contributed by atoms with Crippen molar-refractivity contribution in [1.82, 2.24) is 14.7 Å². The van der Waals surface area contributed by atoms with E-state index in [0.717, 1.165) is 23.5 Å². The third kappa shape index (κ3) is 3.22. The first-order valence-corrected chi connectivity index (χ1v) is 8.56. The minimum absolute atomic E-state index is 0.0317. The molecule has 5 nitrogen and oxygen atoms in total. The fourth-order valence-corrected chi connectivity index (χ4v) is 3.45. The maximum Gasteiger partial charge on any atom is 0.222 e. The number of nitrogens with zero attached hydrogens (tertiary/aromatic N) is 3. The summed E-state index contributed by atoms with van der Waals surface area (Å²) in [5.41, 5.74) is 4.44. The minimum Gasteiger partial charge on any atom is -0.377 e. The van der Waals surface area contributed by atoms with Gasteiger partial charge in [0.05, 0.1) is 31.5 Å². The molecule has 0 saturated carbocycles. The number of carbonyl (C=O) groups excluding carboxylic acids is 1. The summed E-state index contributed by atoms with van der Waals surface area (Å²) in [6.07, 6.45) is 0.521. The van der Waals surface area contributed by atoms with Gasteiger partial charge < -0.3 is 9.64 Å². The van der Waals surface area contributed by atoms with Crippen molar-refractivity contribution >= 4 is 5.91 Å². The number of ether oxygens (including phenoxy) is 1. The fourth-order valence-electron chi connectivity index (χ4n) is 3.45. The van der Waals surface area contributed by atoms with Crippen LogP contribution in [0.4, 0.5) is 0 Å². The van der Waals surface area contributed by atoms with Crippen LogP contribution in [-0.4, -0.2) is 40.3 Å². The Kier molecular flexibility index (Phi) is 5.00. The van der Waals surface area contributed by atoms with E-state index in [9.17, 15) is 4.79 Å². The molecule has 0 N–H and O–H groups in total. The third-order valence-electron chi connectivity index (χ3n) is 4.70. The average molecular weight is 327 g/mol. The highest BCUT2D eigenvalue weighted by molar-refractivity contribution is 5.76. The lowest BCUT2D eigenvalue weighted by atomic mass is 10.0. The van der Waals surface area contributed by atoms with Crippen LogP contribution in [0.5, 0.6) is 0 Å². The molecule has 0 spiro atoms. The quantitative estimate of drug-likeness (QED) is 0.867. The number of morpholine rings is 1. The third-order valence-corrected chi connectivity index (χ3v) is 4.70. The van der Waals surface area contributed by atoms with Crippen molar-refractivity contribution in [2.45, 2.75) is 39.8 Å². The Morgan fingerprint density at radius 2 is 2.04 bits per heavy atom. The van der Waals surface area contributed by atoms with Crippen LogP contribution in [0.1, 0.15) is 41.9 Å². The lowest BCUT2D eigenvalue weighted by Crippen LogP contribution is -2.43. The highest BCUT2D eigenvalue weighted by atomic mass is 16.5. The summed E-state index contributed by atoms with van der Waals surface area (Å²) in [6.45, 7) is 8.56. The number of amides is 1. The zero-order valence-corrected chi connectivity index (χ0v) is 14.7. The Hall–Kier alpha value is -2.14. The van der Waals surface area contributed by atoms with E-state index < -0.39 is 0 Å². The largest absolute Gasteiger partial charge is 0.377 e. The smallest absolute Gasteiger partial charge is 0.222 e. The number of carbonyl (C=O) groups is 1. The molecule has 1 aliphatic rings. The molecule has 2 aromatic rings. The summed E-state index contributed by atoms with van der Waals surface area (Å²) in [5, 5.41) is 4.72. The Bertz CT molecular complexity index is 709. The zero-order valence-electron chi connectivity index (χ0n) is 14.7. The van der Waals surface area contributed by atoms with Gasteiger partial charge in [-0.3, -0.25) is 9.48 Å². The van der Waals surface area contributed by atoms with E-state index in [4.69, 9.17) is 9.84 Å². The number of benzene rings is 1. The van der Waals surface area contributed by atoms with Gasteiger partial charge in [0.25, 0.3) is 0 Å². The van der Waals surface area contributed by atoms with Gasteiger partial charge in [0, 0.05) is 24.2 Å². The molecule has 1 aromatic carbocycles. The average Bonchev–Trinajstić information content (AvgIpc) is 2.88. The summed E-state index contributed by atoms with van der Waals surface area (Å²) in [6, 6.07) is 10.3. The van der Waals surface area contributed by atoms with Crippen LogP contribution < -0.4 is 0 Å². The Morgan fingerprint density at radius 3 is 2.75 bits per heavy atom. The first-order chi connectivity index (χ1) is 11.6. The Balaban J connectivity index is 1.91. The van der Waals surface area contributed by atoms with Gasteiger partial charge in [0.1, 0.15) is 0 Å². The molecule has 0 radical (unpaired) electrons. The molecular formula is C19H25N3O2. The Morgan fingerprint density at radius 1 is 1.29 bits per heavy atom. The van der Waals surface area contributed by atoms with Gasteiger partial charge >= 0.3 is 0 Å². The van der Waals surface area contributed by atoms with Gasteiger partial charge in [-0.15, -0.1) is 0 Å². The van der Waals surface area contributed by atoms with Crippen LogP contribution in [0.25, 0.3) is 0 Å². The van der Waals surface area contributed by atoms with Crippen molar-refractivity contribution in [1.29, 1.82) is 0 Å². The summed E-state index contributed by atoms with van der Waals surface area (Å²) in [7, 11) is 0. The van der Waals surface area contributed by atoms with Crippen LogP contribution in [0.3, 0.4) is 0 Å². The molecule has 1 atom stereocenters. The number of rotatable bonds is 4. The molecule has 1 aromatic heterocycles. The van der Waals surface area contributed by atoms with Crippen molar-refractivity contribution in [3.8, 4) is 0 Å². The predicted octanol–water partition coefficient (Wildman–Crippen LogP) is 2.86. The molecule has 0 bridgehead atoms. The molecule has 1 unspecified atom stereocenters. The molecule has 2 heterocycles. The van der Waals surface area contributed by atoms with Crippen LogP contribution >= 0.6 is 0 Å². The molecule has 0 aliphatic carbocycles. The van der Waals surface area contributed by atoms with E-state index in [1.54, 1.807) is 0 Å². The van der Waals surface area contributed by atoms with E-state index in [2.05, 4.69) is 19.1 Å². The van der Waals surface area contributed by atoms with Crippen molar-refractivity contribution in [3.05, 3.63) is 52.8 Å². The molecule has 1 saturated heterocycles. The standard InChI is InChI=1S/C19H25N3O2/c1-4-18(23)21-10-11-24-13-17(21)19-14(2)20-22(15(19)3)12-16-8-6-5-7-9-16/h5-9,17H,4,10-13H2,1-3H3. The first kappa shape index (κ1) is 16.7. The predicted molar refractivity (Wildman–Crippen MR) is 92.8 cm³/mol. The van der Waals surface area contributed by atoms with Crippen molar-refractivity contribution < 1.29 is 9.53 Å². The summed E-state index contributed by atoms with van der Waals surface area (Å²) < 4.78 is 7.70. The van der Waals surface area contributed by atoms with Gasteiger partial charge in [0.15, 0.2) is 0 Å². The lowest BCUT2D eigenvalue weighted by molar-refractivity contribution is -0.139. The van der Waals surface area contributed by atoms with E-state index in [-0.39, 0.29) is 11.9 Å². The maximum absolute atomic E-state index is 12.3. The van der Waals surface area contributed by atoms with E-state index in [1.165, 1.54) is 5.56 Å². The number of hydrogen-bond donors (Lipinski definition) is 0. The minimum atomic E-state index is -0.0317. The van der Waals surface area contributed by atoms with Gasteiger partial charge in [-0.1, -0.05) is 37.3 Å². The number of hydrogen-bond acceptors (Lipinski definition) is 3. The molecule has 1 aliphatic heterocycles. The highest BCUT2D eigenvalue weighted by Gasteiger charge is 2.31. The van der Waals surface area contributed by atoms with Crippen LogP contribution in [-0.2, 0) is 16.1 Å². The molecule has 24 heavy (non-hydrogen) atoms. The zero-order chi connectivity index (χ0) is 17.1. The molecule has 3 rings (SSSR count). The van der Waals surface area contributed by atoms with Crippen molar-refractivity contribution in [2.24, 2.45) is 0 Å². The lowest BCUT2D eigenvalue weighted by Gasteiger charge is -2.36.